The van der Waals surface area contributed by atoms with E-state index in [1.54, 1.807) is 0 Å². The molecule has 1 amide bonds. The van der Waals surface area contributed by atoms with Gasteiger partial charge in [-0.05, 0) is 34.6 Å². The molecule has 1 rings (SSSR count). The summed E-state index contributed by atoms with van der Waals surface area (Å²) < 4.78 is 0. The zero-order chi connectivity index (χ0) is 16.0. The van der Waals surface area contributed by atoms with Gasteiger partial charge in [0.15, 0.2) is 5.13 Å². The van der Waals surface area contributed by atoms with Crippen molar-refractivity contribution in [1.82, 2.24) is 15.2 Å². The molecule has 120 valence electrons. The van der Waals surface area contributed by atoms with E-state index in [0.29, 0.717) is 28.6 Å². The monoisotopic (exact) mass is 313 g/mol. The lowest BCUT2D eigenvalue weighted by atomic mass is 10.2. The van der Waals surface area contributed by atoms with Crippen molar-refractivity contribution < 1.29 is 4.79 Å². The molecule has 0 aliphatic heterocycles. The van der Waals surface area contributed by atoms with Crippen molar-refractivity contribution in [3.05, 3.63) is 4.88 Å². The molecule has 0 aliphatic carbocycles. The Hall–Kier alpha value is -1.34. The maximum atomic E-state index is 12.1. The van der Waals surface area contributed by atoms with Crippen molar-refractivity contribution in [1.29, 1.82) is 0 Å². The SMILES string of the molecule is CCNc1nc(N)c(C(=O)NCCN(C(C)C)C(C)C)s1. The Kier molecular flexibility index (Phi) is 6.91. The number of hydrogen-bond donors (Lipinski definition) is 3. The Morgan fingerprint density at radius 2 is 1.95 bits per heavy atom. The smallest absolute Gasteiger partial charge is 0.265 e. The lowest BCUT2D eigenvalue weighted by Gasteiger charge is -2.30. The Morgan fingerprint density at radius 3 is 2.48 bits per heavy atom. The number of anilines is 2. The Bertz CT molecular complexity index is 450. The van der Waals surface area contributed by atoms with E-state index in [0.717, 1.165) is 13.1 Å². The molecule has 0 bridgehead atoms. The quantitative estimate of drug-likeness (QED) is 0.684. The summed E-state index contributed by atoms with van der Waals surface area (Å²) in [6.07, 6.45) is 0. The van der Waals surface area contributed by atoms with Gasteiger partial charge in [-0.25, -0.2) is 4.98 Å². The van der Waals surface area contributed by atoms with Gasteiger partial charge < -0.3 is 16.4 Å². The number of nitrogens with one attached hydrogen (secondary N) is 2. The van der Waals surface area contributed by atoms with Gasteiger partial charge in [0.05, 0.1) is 0 Å². The minimum Gasteiger partial charge on any atom is -0.382 e. The number of carbonyl (C=O) groups excluding carboxylic acids is 1. The van der Waals surface area contributed by atoms with Gasteiger partial charge in [0.2, 0.25) is 0 Å². The lowest BCUT2D eigenvalue weighted by Crippen LogP contribution is -2.42. The Balaban J connectivity index is 2.54. The van der Waals surface area contributed by atoms with E-state index in [4.69, 9.17) is 5.73 Å². The molecule has 4 N–H and O–H groups in total. The van der Waals surface area contributed by atoms with E-state index in [2.05, 4.69) is 48.2 Å². The number of rotatable bonds is 8. The second-order valence-electron chi connectivity index (χ2n) is 5.44. The highest BCUT2D eigenvalue weighted by atomic mass is 32.1. The largest absolute Gasteiger partial charge is 0.382 e. The maximum Gasteiger partial charge on any atom is 0.265 e. The highest BCUT2D eigenvalue weighted by Crippen LogP contribution is 2.24. The minimum atomic E-state index is -0.151. The highest BCUT2D eigenvalue weighted by Gasteiger charge is 2.17. The molecule has 0 fully saturated rings. The third-order valence-corrected chi connectivity index (χ3v) is 4.20. The zero-order valence-corrected chi connectivity index (χ0v) is 14.4. The summed E-state index contributed by atoms with van der Waals surface area (Å²) in [4.78, 5) is 19.1. The van der Waals surface area contributed by atoms with Crippen molar-refractivity contribution in [3.63, 3.8) is 0 Å². The predicted molar refractivity (Wildman–Crippen MR) is 90.0 cm³/mol. The van der Waals surface area contributed by atoms with Crippen LogP contribution in [0.25, 0.3) is 0 Å². The third kappa shape index (κ3) is 5.17. The average molecular weight is 313 g/mol. The van der Waals surface area contributed by atoms with Crippen molar-refractivity contribution in [3.8, 4) is 0 Å². The molecule has 0 atom stereocenters. The molecule has 0 aromatic carbocycles. The molecule has 6 nitrogen and oxygen atoms in total. The fourth-order valence-electron chi connectivity index (χ4n) is 2.21. The molecular weight excluding hydrogens is 286 g/mol. The van der Waals surface area contributed by atoms with Crippen LogP contribution in [0.15, 0.2) is 0 Å². The summed E-state index contributed by atoms with van der Waals surface area (Å²) in [5.41, 5.74) is 5.79. The van der Waals surface area contributed by atoms with E-state index >= 15 is 0 Å². The van der Waals surface area contributed by atoms with Crippen LogP contribution in [-0.4, -0.2) is 47.5 Å². The highest BCUT2D eigenvalue weighted by molar-refractivity contribution is 7.18. The van der Waals surface area contributed by atoms with Gasteiger partial charge in [-0.1, -0.05) is 11.3 Å². The topological polar surface area (TPSA) is 83.3 Å². The molecular formula is C14H27N5OS. The molecule has 7 heteroatoms. The summed E-state index contributed by atoms with van der Waals surface area (Å²) in [6.45, 7) is 12.8. The standard InChI is InChI=1S/C14H27N5OS/c1-6-16-14-18-12(15)11(21-14)13(20)17-7-8-19(9(2)3)10(4)5/h9-10H,6-8,15H2,1-5H3,(H,16,18)(H,17,20). The van der Waals surface area contributed by atoms with Gasteiger partial charge in [-0.3, -0.25) is 9.69 Å². The number of nitrogens with zero attached hydrogens (tertiary/aromatic N) is 2. The van der Waals surface area contributed by atoms with Gasteiger partial charge >= 0.3 is 0 Å². The molecule has 1 heterocycles. The van der Waals surface area contributed by atoms with E-state index in [9.17, 15) is 4.79 Å². The fraction of sp³-hybridized carbons (Fsp3) is 0.714. The Labute approximate surface area is 131 Å². The number of nitrogen functional groups attached to an aromatic ring is 1. The molecule has 0 spiro atoms. The van der Waals surface area contributed by atoms with E-state index in [1.807, 2.05) is 6.92 Å². The summed E-state index contributed by atoms with van der Waals surface area (Å²) in [6, 6.07) is 0.909. The summed E-state index contributed by atoms with van der Waals surface area (Å²) >= 11 is 1.29. The van der Waals surface area contributed by atoms with Crippen LogP contribution < -0.4 is 16.4 Å². The van der Waals surface area contributed by atoms with Crippen LogP contribution in [0, 0.1) is 0 Å². The third-order valence-electron chi connectivity index (χ3n) is 3.17. The summed E-state index contributed by atoms with van der Waals surface area (Å²) in [5.74, 6) is 0.139. The molecule has 0 radical (unpaired) electrons. The van der Waals surface area contributed by atoms with Crippen molar-refractivity contribution in [2.24, 2.45) is 0 Å². The average Bonchev–Trinajstić information content (AvgIpc) is 2.75. The molecule has 21 heavy (non-hydrogen) atoms. The number of amides is 1. The minimum absolute atomic E-state index is 0.151. The first-order valence-electron chi connectivity index (χ1n) is 7.40. The van der Waals surface area contributed by atoms with Crippen LogP contribution in [0.5, 0.6) is 0 Å². The van der Waals surface area contributed by atoms with Crippen molar-refractivity contribution >= 4 is 28.2 Å². The second kappa shape index (κ2) is 8.19. The van der Waals surface area contributed by atoms with E-state index in [1.165, 1.54) is 11.3 Å². The van der Waals surface area contributed by atoms with Crippen LogP contribution in [0.4, 0.5) is 10.9 Å². The zero-order valence-electron chi connectivity index (χ0n) is 13.6. The van der Waals surface area contributed by atoms with E-state index in [-0.39, 0.29) is 11.7 Å². The van der Waals surface area contributed by atoms with Crippen LogP contribution in [0.2, 0.25) is 0 Å². The lowest BCUT2D eigenvalue weighted by molar-refractivity contribution is 0.0944. The van der Waals surface area contributed by atoms with Crippen LogP contribution >= 0.6 is 11.3 Å². The van der Waals surface area contributed by atoms with Crippen molar-refractivity contribution in [2.75, 3.05) is 30.7 Å². The predicted octanol–water partition coefficient (Wildman–Crippen LogP) is 2.01. The molecule has 1 aromatic rings. The second-order valence-corrected chi connectivity index (χ2v) is 6.44. The van der Waals surface area contributed by atoms with Crippen LogP contribution in [0.1, 0.15) is 44.3 Å². The molecule has 0 unspecified atom stereocenters. The van der Waals surface area contributed by atoms with Crippen LogP contribution in [0.3, 0.4) is 0 Å². The van der Waals surface area contributed by atoms with Gasteiger partial charge in [0.1, 0.15) is 10.7 Å². The summed E-state index contributed by atoms with van der Waals surface area (Å²) in [7, 11) is 0. The van der Waals surface area contributed by atoms with Gasteiger partial charge in [0.25, 0.3) is 5.91 Å². The normalized spacial score (nSPS) is 11.4. The molecule has 1 aromatic heterocycles. The molecule has 0 saturated carbocycles. The van der Waals surface area contributed by atoms with Gasteiger partial charge in [-0.2, -0.15) is 0 Å². The number of aromatic nitrogens is 1. The first-order chi connectivity index (χ1) is 9.86. The number of carbonyl (C=O) groups is 1. The van der Waals surface area contributed by atoms with Crippen molar-refractivity contribution in [2.45, 2.75) is 46.7 Å². The first kappa shape index (κ1) is 17.7. The first-order valence-corrected chi connectivity index (χ1v) is 8.22. The number of hydrogen-bond acceptors (Lipinski definition) is 6. The summed E-state index contributed by atoms with van der Waals surface area (Å²) in [5, 5.41) is 6.67. The van der Waals surface area contributed by atoms with Gasteiger partial charge in [-0.15, -0.1) is 0 Å². The molecule has 0 aliphatic rings. The van der Waals surface area contributed by atoms with Gasteiger partial charge in [0, 0.05) is 31.7 Å². The number of thiazole rings is 1. The Morgan fingerprint density at radius 1 is 1.33 bits per heavy atom. The maximum absolute atomic E-state index is 12.1. The van der Waals surface area contributed by atoms with E-state index < -0.39 is 0 Å². The number of nitrogens with two attached hydrogens (primary N) is 1. The van der Waals surface area contributed by atoms with Crippen LogP contribution in [-0.2, 0) is 0 Å². The molecule has 0 saturated heterocycles. The fourth-order valence-corrected chi connectivity index (χ4v) is 3.08.